The molecule has 5 nitrogen and oxygen atoms in total. The maximum absolute atomic E-state index is 13.7. The SMILES string of the molecule is O=C1C[C@@H](c2cc(F)cc(F)c2)Cc2nc(N3CCN(c4ccc(F)cc4)CC3)ncc21. The van der Waals surface area contributed by atoms with Crippen molar-refractivity contribution in [2.24, 2.45) is 0 Å². The van der Waals surface area contributed by atoms with Crippen LogP contribution in [0.2, 0.25) is 0 Å². The number of hydrogen-bond acceptors (Lipinski definition) is 5. The van der Waals surface area contributed by atoms with Gasteiger partial charge in [-0.15, -0.1) is 0 Å². The molecule has 0 saturated carbocycles. The zero-order valence-corrected chi connectivity index (χ0v) is 17.3. The molecule has 0 amide bonds. The predicted octanol–water partition coefficient (Wildman–Crippen LogP) is 4.13. The number of halogens is 3. The van der Waals surface area contributed by atoms with Crippen molar-refractivity contribution in [1.29, 1.82) is 0 Å². The number of fused-ring (bicyclic) bond motifs is 1. The van der Waals surface area contributed by atoms with Gasteiger partial charge in [0.25, 0.3) is 0 Å². The summed E-state index contributed by atoms with van der Waals surface area (Å²) in [7, 11) is 0. The Balaban J connectivity index is 1.33. The number of nitrogens with zero attached hydrogens (tertiary/aromatic N) is 4. The zero-order chi connectivity index (χ0) is 22.2. The molecule has 32 heavy (non-hydrogen) atoms. The van der Waals surface area contributed by atoms with E-state index in [0.29, 0.717) is 42.3 Å². The molecule has 1 saturated heterocycles. The minimum Gasteiger partial charge on any atom is -0.368 e. The van der Waals surface area contributed by atoms with Gasteiger partial charge in [-0.3, -0.25) is 4.79 Å². The molecule has 3 aromatic rings. The lowest BCUT2D eigenvalue weighted by molar-refractivity contribution is 0.0962. The maximum atomic E-state index is 13.7. The van der Waals surface area contributed by atoms with E-state index in [1.807, 2.05) is 0 Å². The molecule has 2 aliphatic rings. The lowest BCUT2D eigenvalue weighted by atomic mass is 9.82. The van der Waals surface area contributed by atoms with E-state index in [-0.39, 0.29) is 23.9 Å². The van der Waals surface area contributed by atoms with Crippen molar-refractivity contribution in [3.8, 4) is 0 Å². The molecule has 1 aliphatic carbocycles. The molecule has 0 N–H and O–H groups in total. The average molecular weight is 438 g/mol. The fourth-order valence-electron chi connectivity index (χ4n) is 4.45. The summed E-state index contributed by atoms with van der Waals surface area (Å²) in [6, 6.07) is 9.82. The van der Waals surface area contributed by atoms with Crippen LogP contribution in [0, 0.1) is 17.5 Å². The summed E-state index contributed by atoms with van der Waals surface area (Å²) in [5, 5.41) is 0. The second kappa shape index (κ2) is 8.26. The molecule has 1 atom stereocenters. The van der Waals surface area contributed by atoms with Crippen LogP contribution in [0.25, 0.3) is 0 Å². The lowest BCUT2D eigenvalue weighted by Crippen LogP contribution is -2.47. The number of aromatic nitrogens is 2. The summed E-state index contributed by atoms with van der Waals surface area (Å²) in [5.74, 6) is -1.46. The van der Waals surface area contributed by atoms with Gasteiger partial charge in [0.05, 0.1) is 11.3 Å². The van der Waals surface area contributed by atoms with Crippen molar-refractivity contribution in [3.63, 3.8) is 0 Å². The first kappa shape index (κ1) is 20.5. The van der Waals surface area contributed by atoms with Crippen LogP contribution in [0.5, 0.6) is 0 Å². The Hall–Kier alpha value is -3.42. The quantitative estimate of drug-likeness (QED) is 0.616. The number of carbonyl (C=O) groups excluding carboxylic acids is 1. The molecule has 1 fully saturated rings. The number of Topliss-reactive ketones (excluding diaryl/α,β-unsaturated/α-hetero) is 1. The normalized spacial score (nSPS) is 18.6. The Bertz CT molecular complexity index is 1140. The minimum atomic E-state index is -0.652. The van der Waals surface area contributed by atoms with E-state index >= 15 is 0 Å². The fraction of sp³-hybridized carbons (Fsp3) is 0.292. The fourth-order valence-corrected chi connectivity index (χ4v) is 4.45. The van der Waals surface area contributed by atoms with Gasteiger partial charge in [0.2, 0.25) is 5.95 Å². The van der Waals surface area contributed by atoms with E-state index < -0.39 is 11.6 Å². The molecule has 2 heterocycles. The van der Waals surface area contributed by atoms with Gasteiger partial charge in [0.1, 0.15) is 17.5 Å². The van der Waals surface area contributed by atoms with Gasteiger partial charge in [-0.2, -0.15) is 0 Å². The Labute approximate surface area is 183 Å². The Kier molecular flexibility index (Phi) is 5.28. The first-order chi connectivity index (χ1) is 15.5. The summed E-state index contributed by atoms with van der Waals surface area (Å²) in [5.41, 5.74) is 2.52. The van der Waals surface area contributed by atoms with Crippen molar-refractivity contribution >= 4 is 17.4 Å². The number of piperazine rings is 1. The Morgan fingerprint density at radius 2 is 1.47 bits per heavy atom. The Morgan fingerprint density at radius 1 is 0.812 bits per heavy atom. The van der Waals surface area contributed by atoms with Gasteiger partial charge in [0.15, 0.2) is 5.78 Å². The summed E-state index contributed by atoms with van der Waals surface area (Å²) < 4.78 is 40.5. The number of ketones is 1. The van der Waals surface area contributed by atoms with Crippen molar-refractivity contribution < 1.29 is 18.0 Å². The van der Waals surface area contributed by atoms with Gasteiger partial charge < -0.3 is 9.80 Å². The lowest BCUT2D eigenvalue weighted by Gasteiger charge is -2.36. The number of benzene rings is 2. The van der Waals surface area contributed by atoms with Gasteiger partial charge in [-0.1, -0.05) is 0 Å². The van der Waals surface area contributed by atoms with Crippen LogP contribution in [0.3, 0.4) is 0 Å². The number of anilines is 2. The molecule has 1 aliphatic heterocycles. The van der Waals surface area contributed by atoms with Crippen molar-refractivity contribution in [2.45, 2.75) is 18.8 Å². The molecule has 0 spiro atoms. The van der Waals surface area contributed by atoms with Crippen LogP contribution < -0.4 is 9.80 Å². The van der Waals surface area contributed by atoms with Crippen molar-refractivity contribution in [2.75, 3.05) is 36.0 Å². The maximum Gasteiger partial charge on any atom is 0.225 e. The van der Waals surface area contributed by atoms with E-state index in [9.17, 15) is 18.0 Å². The highest BCUT2D eigenvalue weighted by molar-refractivity contribution is 5.98. The third-order valence-electron chi connectivity index (χ3n) is 6.14. The van der Waals surface area contributed by atoms with Gasteiger partial charge in [-0.25, -0.2) is 23.1 Å². The summed E-state index contributed by atoms with van der Waals surface area (Å²) >= 11 is 0. The number of hydrogen-bond donors (Lipinski definition) is 0. The molecule has 1 aromatic heterocycles. The van der Waals surface area contributed by atoms with Gasteiger partial charge in [-0.05, 0) is 54.3 Å². The largest absolute Gasteiger partial charge is 0.368 e. The second-order valence-electron chi connectivity index (χ2n) is 8.21. The molecule has 8 heteroatoms. The van der Waals surface area contributed by atoms with E-state index in [1.165, 1.54) is 24.3 Å². The van der Waals surface area contributed by atoms with Crippen LogP contribution in [-0.4, -0.2) is 41.9 Å². The molecular weight excluding hydrogens is 417 g/mol. The number of rotatable bonds is 3. The van der Waals surface area contributed by atoms with Gasteiger partial charge >= 0.3 is 0 Å². The molecule has 0 bridgehead atoms. The molecule has 0 radical (unpaired) electrons. The average Bonchev–Trinajstić information content (AvgIpc) is 2.79. The highest BCUT2D eigenvalue weighted by atomic mass is 19.1. The van der Waals surface area contributed by atoms with Crippen LogP contribution in [0.1, 0.15) is 34.0 Å². The highest BCUT2D eigenvalue weighted by Gasteiger charge is 2.30. The van der Waals surface area contributed by atoms with E-state index in [2.05, 4.69) is 19.8 Å². The molecular formula is C24H21F3N4O. The van der Waals surface area contributed by atoms with Crippen LogP contribution in [-0.2, 0) is 6.42 Å². The minimum absolute atomic E-state index is 0.117. The molecule has 0 unspecified atom stereocenters. The van der Waals surface area contributed by atoms with Crippen LogP contribution in [0.15, 0.2) is 48.7 Å². The Morgan fingerprint density at radius 3 is 2.16 bits per heavy atom. The van der Waals surface area contributed by atoms with Crippen LogP contribution in [0.4, 0.5) is 24.8 Å². The molecule has 5 rings (SSSR count). The summed E-state index contributed by atoms with van der Waals surface area (Å²) in [6.45, 7) is 2.83. The monoisotopic (exact) mass is 438 g/mol. The third-order valence-corrected chi connectivity index (χ3v) is 6.14. The third kappa shape index (κ3) is 4.04. The van der Waals surface area contributed by atoms with E-state index in [0.717, 1.165) is 24.8 Å². The van der Waals surface area contributed by atoms with E-state index in [4.69, 9.17) is 0 Å². The molecule has 2 aromatic carbocycles. The highest BCUT2D eigenvalue weighted by Crippen LogP contribution is 2.33. The standard InChI is InChI=1S/C24H21F3N4O/c25-17-1-3-20(4-2-17)30-5-7-31(8-6-30)24-28-14-21-22(29-24)11-16(12-23(21)32)15-9-18(26)13-19(27)10-15/h1-4,9-10,13-14,16H,5-8,11-12H2/t16-/m0/s1. The zero-order valence-electron chi connectivity index (χ0n) is 17.3. The van der Waals surface area contributed by atoms with Gasteiger partial charge in [0, 0.05) is 50.6 Å². The molecule has 164 valence electrons. The topological polar surface area (TPSA) is 49.3 Å². The van der Waals surface area contributed by atoms with Crippen LogP contribution >= 0.6 is 0 Å². The summed E-state index contributed by atoms with van der Waals surface area (Å²) in [4.78, 5) is 25.9. The predicted molar refractivity (Wildman–Crippen MR) is 115 cm³/mol. The summed E-state index contributed by atoms with van der Waals surface area (Å²) in [6.07, 6.45) is 2.17. The smallest absolute Gasteiger partial charge is 0.225 e. The first-order valence-corrected chi connectivity index (χ1v) is 10.6. The van der Waals surface area contributed by atoms with Crippen molar-refractivity contribution in [1.82, 2.24) is 9.97 Å². The second-order valence-corrected chi connectivity index (χ2v) is 8.21. The van der Waals surface area contributed by atoms with E-state index in [1.54, 1.807) is 18.3 Å². The van der Waals surface area contributed by atoms with Crippen molar-refractivity contribution in [3.05, 3.63) is 82.9 Å². The first-order valence-electron chi connectivity index (χ1n) is 10.6. The number of carbonyl (C=O) groups is 1.